The first-order valence-corrected chi connectivity index (χ1v) is 14.9. The summed E-state index contributed by atoms with van der Waals surface area (Å²) < 4.78 is 47.0. The first-order chi connectivity index (χ1) is 20.5. The summed E-state index contributed by atoms with van der Waals surface area (Å²) in [5.41, 5.74) is 2.20. The Morgan fingerprint density at radius 1 is 1.02 bits per heavy atom. The molecule has 43 heavy (non-hydrogen) atoms. The molecule has 0 bridgehead atoms. The SMILES string of the molecule is CC(C)N1CCOc2c(F)cc(-c3cc(Cc4ccc(OCC5CCN(C(=O)OC(C)(C)C)CC5)cn4)ncc3F)cc21. The number of piperidine rings is 1. The minimum absolute atomic E-state index is 0.144. The van der Waals surface area contributed by atoms with Crippen molar-refractivity contribution in [2.24, 2.45) is 5.92 Å². The van der Waals surface area contributed by atoms with Crippen molar-refractivity contribution < 1.29 is 27.8 Å². The molecule has 0 N–H and O–H groups in total. The standard InChI is InChI=1S/C33H40F2N4O4/c1-21(2)39-12-13-41-31-28(34)14-23(15-30(31)39)27-17-25(37-19-29(27)35)16-24-6-7-26(18-36-24)42-20-22-8-10-38(11-9-22)32(40)43-33(3,4)5/h6-7,14-15,17-19,21-22H,8-13,16,20H2,1-5H3. The first-order valence-electron chi connectivity index (χ1n) is 14.9. The number of nitrogens with zero attached hydrogens (tertiary/aromatic N) is 4. The molecule has 4 heterocycles. The van der Waals surface area contributed by atoms with E-state index < -0.39 is 17.2 Å². The van der Waals surface area contributed by atoms with Crippen LogP contribution in [0.1, 0.15) is 58.8 Å². The zero-order valence-corrected chi connectivity index (χ0v) is 25.5. The number of benzene rings is 1. The lowest BCUT2D eigenvalue weighted by molar-refractivity contribution is 0.0165. The summed E-state index contributed by atoms with van der Waals surface area (Å²) in [6, 6.07) is 8.62. The lowest BCUT2D eigenvalue weighted by Crippen LogP contribution is -2.42. The van der Waals surface area contributed by atoms with Crippen LogP contribution in [-0.4, -0.2) is 65.5 Å². The highest BCUT2D eigenvalue weighted by molar-refractivity contribution is 5.74. The molecule has 2 aromatic heterocycles. The molecular formula is C33H40F2N4O4. The fourth-order valence-electron chi connectivity index (χ4n) is 5.40. The fourth-order valence-corrected chi connectivity index (χ4v) is 5.40. The number of amides is 1. The Balaban J connectivity index is 1.19. The number of aromatic nitrogens is 2. The quantitative estimate of drug-likeness (QED) is 0.303. The third kappa shape index (κ3) is 7.53. The van der Waals surface area contributed by atoms with E-state index in [9.17, 15) is 9.18 Å². The Morgan fingerprint density at radius 2 is 1.77 bits per heavy atom. The highest BCUT2D eigenvalue weighted by Gasteiger charge is 2.28. The van der Waals surface area contributed by atoms with Crippen molar-refractivity contribution >= 4 is 11.8 Å². The second kappa shape index (κ2) is 12.7. The van der Waals surface area contributed by atoms with Crippen molar-refractivity contribution in [3.05, 3.63) is 65.7 Å². The molecule has 0 spiro atoms. The summed E-state index contributed by atoms with van der Waals surface area (Å²) in [6.45, 7) is 12.5. The zero-order chi connectivity index (χ0) is 30.7. The van der Waals surface area contributed by atoms with E-state index in [0.717, 1.165) is 18.5 Å². The molecule has 8 nitrogen and oxygen atoms in total. The predicted octanol–water partition coefficient (Wildman–Crippen LogP) is 6.65. The number of pyridine rings is 2. The molecule has 0 radical (unpaired) electrons. The number of halogens is 2. The minimum Gasteiger partial charge on any atom is -0.492 e. The molecule has 0 aliphatic carbocycles. The van der Waals surface area contributed by atoms with Gasteiger partial charge in [0.2, 0.25) is 0 Å². The Morgan fingerprint density at radius 3 is 2.44 bits per heavy atom. The van der Waals surface area contributed by atoms with Crippen molar-refractivity contribution in [3.8, 4) is 22.6 Å². The van der Waals surface area contributed by atoms with Crippen LogP contribution in [0.5, 0.6) is 11.5 Å². The molecule has 2 aliphatic heterocycles. The van der Waals surface area contributed by atoms with Gasteiger partial charge in [0.15, 0.2) is 11.6 Å². The summed E-state index contributed by atoms with van der Waals surface area (Å²) in [5, 5.41) is 0. The predicted molar refractivity (Wildman–Crippen MR) is 161 cm³/mol. The monoisotopic (exact) mass is 594 g/mol. The number of hydrogen-bond donors (Lipinski definition) is 0. The van der Waals surface area contributed by atoms with Gasteiger partial charge in [0.25, 0.3) is 0 Å². The molecule has 0 unspecified atom stereocenters. The zero-order valence-electron chi connectivity index (χ0n) is 25.5. The number of ether oxygens (including phenoxy) is 3. The van der Waals surface area contributed by atoms with E-state index in [4.69, 9.17) is 14.2 Å². The van der Waals surface area contributed by atoms with Gasteiger partial charge in [-0.2, -0.15) is 0 Å². The highest BCUT2D eigenvalue weighted by Crippen LogP contribution is 2.40. The number of fused-ring (bicyclic) bond motifs is 1. The van der Waals surface area contributed by atoms with Gasteiger partial charge in [-0.3, -0.25) is 9.97 Å². The summed E-state index contributed by atoms with van der Waals surface area (Å²) in [5.74, 6) is 0.169. The van der Waals surface area contributed by atoms with Gasteiger partial charge in [-0.05, 0) is 89.3 Å². The van der Waals surface area contributed by atoms with Crippen LogP contribution >= 0.6 is 0 Å². The maximum absolute atomic E-state index is 15.0. The molecule has 1 aromatic carbocycles. The van der Waals surface area contributed by atoms with E-state index in [0.29, 0.717) is 67.9 Å². The Bertz CT molecular complexity index is 1430. The molecule has 2 aliphatic rings. The maximum Gasteiger partial charge on any atom is 0.410 e. The van der Waals surface area contributed by atoms with Crippen molar-refractivity contribution in [1.29, 1.82) is 0 Å². The summed E-state index contributed by atoms with van der Waals surface area (Å²) in [7, 11) is 0. The smallest absolute Gasteiger partial charge is 0.410 e. The molecule has 0 atom stereocenters. The van der Waals surface area contributed by atoms with Gasteiger partial charge in [0, 0.05) is 42.5 Å². The van der Waals surface area contributed by atoms with Crippen LogP contribution in [0.25, 0.3) is 11.1 Å². The van der Waals surface area contributed by atoms with Gasteiger partial charge in [0.1, 0.15) is 23.8 Å². The number of carbonyl (C=O) groups is 1. The number of rotatable bonds is 7. The largest absolute Gasteiger partial charge is 0.492 e. The molecule has 1 fully saturated rings. The Hall–Kier alpha value is -3.95. The van der Waals surface area contributed by atoms with E-state index in [-0.39, 0.29) is 23.4 Å². The Labute approximate surface area is 252 Å². The van der Waals surface area contributed by atoms with Crippen LogP contribution in [-0.2, 0) is 11.2 Å². The van der Waals surface area contributed by atoms with Crippen molar-refractivity contribution in [2.45, 2.75) is 65.5 Å². The molecule has 3 aromatic rings. The topological polar surface area (TPSA) is 77.0 Å². The minimum atomic E-state index is -0.524. The highest BCUT2D eigenvalue weighted by atomic mass is 19.1. The van der Waals surface area contributed by atoms with E-state index in [1.165, 1.54) is 12.3 Å². The number of likely N-dealkylation sites (tertiary alicyclic amines) is 1. The molecule has 1 amide bonds. The van der Waals surface area contributed by atoms with Gasteiger partial charge in [-0.15, -0.1) is 0 Å². The summed E-state index contributed by atoms with van der Waals surface area (Å²) >= 11 is 0. The number of anilines is 1. The van der Waals surface area contributed by atoms with Crippen LogP contribution in [0.4, 0.5) is 19.3 Å². The van der Waals surface area contributed by atoms with E-state index in [1.54, 1.807) is 23.2 Å². The Kier molecular flexibility index (Phi) is 9.03. The van der Waals surface area contributed by atoms with Gasteiger partial charge < -0.3 is 24.0 Å². The van der Waals surface area contributed by atoms with E-state index in [2.05, 4.69) is 14.9 Å². The van der Waals surface area contributed by atoms with Crippen LogP contribution in [0.15, 0.2) is 42.7 Å². The van der Waals surface area contributed by atoms with Crippen LogP contribution in [0.3, 0.4) is 0 Å². The van der Waals surface area contributed by atoms with Gasteiger partial charge >= 0.3 is 6.09 Å². The second-order valence-electron chi connectivity index (χ2n) is 12.5. The fraction of sp³-hybridized carbons (Fsp3) is 0.485. The average Bonchev–Trinajstić information content (AvgIpc) is 2.97. The average molecular weight is 595 g/mol. The lowest BCUT2D eigenvalue weighted by Gasteiger charge is -2.35. The van der Waals surface area contributed by atoms with Crippen molar-refractivity contribution in [2.75, 3.05) is 37.7 Å². The van der Waals surface area contributed by atoms with Crippen LogP contribution in [0, 0.1) is 17.6 Å². The van der Waals surface area contributed by atoms with Gasteiger partial charge in [-0.25, -0.2) is 13.6 Å². The third-order valence-corrected chi connectivity index (χ3v) is 7.67. The molecule has 10 heteroatoms. The molecule has 1 saturated heterocycles. The van der Waals surface area contributed by atoms with E-state index >= 15 is 4.39 Å². The van der Waals surface area contributed by atoms with Crippen molar-refractivity contribution in [3.63, 3.8) is 0 Å². The van der Waals surface area contributed by atoms with E-state index in [1.807, 2.05) is 46.8 Å². The molecular weight excluding hydrogens is 554 g/mol. The molecule has 0 saturated carbocycles. The third-order valence-electron chi connectivity index (χ3n) is 7.67. The molecule has 5 rings (SSSR count). The van der Waals surface area contributed by atoms with Gasteiger partial charge in [-0.1, -0.05) is 0 Å². The maximum atomic E-state index is 15.0. The van der Waals surface area contributed by atoms with Crippen LogP contribution in [0.2, 0.25) is 0 Å². The first kappa shape index (κ1) is 30.5. The van der Waals surface area contributed by atoms with Crippen molar-refractivity contribution in [1.82, 2.24) is 14.9 Å². The molecule has 230 valence electrons. The van der Waals surface area contributed by atoms with Gasteiger partial charge in [0.05, 0.1) is 31.2 Å². The lowest BCUT2D eigenvalue weighted by atomic mass is 9.98. The van der Waals surface area contributed by atoms with Crippen LogP contribution < -0.4 is 14.4 Å². The number of carbonyl (C=O) groups excluding carboxylic acids is 1. The summed E-state index contributed by atoms with van der Waals surface area (Å²) in [4.78, 5) is 24.9. The second-order valence-corrected chi connectivity index (χ2v) is 12.5. The normalized spacial score (nSPS) is 15.7. The number of hydrogen-bond acceptors (Lipinski definition) is 7. The summed E-state index contributed by atoms with van der Waals surface area (Å²) in [6.07, 6.45) is 4.65.